The van der Waals surface area contributed by atoms with E-state index >= 15 is 0 Å². The van der Waals surface area contributed by atoms with E-state index in [9.17, 15) is 5.11 Å². The first-order valence-corrected chi connectivity index (χ1v) is 7.51. The highest BCUT2D eigenvalue weighted by molar-refractivity contribution is 7.11. The van der Waals surface area contributed by atoms with E-state index in [0.29, 0.717) is 12.3 Å². The highest BCUT2D eigenvalue weighted by atomic mass is 32.1. The number of hydrogen-bond acceptors (Lipinski definition) is 3. The SMILES string of the molecule is Cc1ccc(CNCc2c(O)ccc3ccccc23)s1. The van der Waals surface area contributed by atoms with Crippen LogP contribution >= 0.6 is 11.3 Å². The van der Waals surface area contributed by atoms with Crippen molar-refractivity contribution in [3.63, 3.8) is 0 Å². The molecule has 0 saturated heterocycles. The van der Waals surface area contributed by atoms with Crippen LogP contribution in [0.2, 0.25) is 0 Å². The predicted octanol–water partition coefficient (Wildman–Crippen LogP) is 4.21. The van der Waals surface area contributed by atoms with Crippen LogP contribution in [0, 0.1) is 6.92 Å². The minimum absolute atomic E-state index is 0.360. The van der Waals surface area contributed by atoms with E-state index in [4.69, 9.17) is 0 Å². The maximum atomic E-state index is 10.1. The summed E-state index contributed by atoms with van der Waals surface area (Å²) in [5.74, 6) is 0.360. The summed E-state index contributed by atoms with van der Waals surface area (Å²) in [4.78, 5) is 2.65. The van der Waals surface area contributed by atoms with Crippen LogP contribution in [0.25, 0.3) is 10.8 Å². The quantitative estimate of drug-likeness (QED) is 0.752. The van der Waals surface area contributed by atoms with Crippen LogP contribution in [0.15, 0.2) is 48.5 Å². The number of benzene rings is 2. The lowest BCUT2D eigenvalue weighted by atomic mass is 10.0. The van der Waals surface area contributed by atoms with Crippen LogP contribution in [0.3, 0.4) is 0 Å². The Kier molecular flexibility index (Phi) is 3.72. The number of thiophene rings is 1. The Hall–Kier alpha value is -1.84. The van der Waals surface area contributed by atoms with Crippen molar-refractivity contribution in [3.8, 4) is 5.75 Å². The highest BCUT2D eigenvalue weighted by Crippen LogP contribution is 2.27. The van der Waals surface area contributed by atoms with Crippen LogP contribution in [0.4, 0.5) is 0 Å². The van der Waals surface area contributed by atoms with E-state index in [1.807, 2.05) is 18.2 Å². The number of phenolic OH excluding ortho intramolecular Hbond substituents is 1. The molecule has 0 aliphatic heterocycles. The summed E-state index contributed by atoms with van der Waals surface area (Å²) in [6, 6.07) is 16.2. The molecule has 0 unspecified atom stereocenters. The maximum Gasteiger partial charge on any atom is 0.120 e. The smallest absolute Gasteiger partial charge is 0.120 e. The third kappa shape index (κ3) is 2.69. The highest BCUT2D eigenvalue weighted by Gasteiger charge is 2.06. The van der Waals surface area contributed by atoms with Gasteiger partial charge in [0, 0.05) is 28.4 Å². The van der Waals surface area contributed by atoms with Gasteiger partial charge in [0.05, 0.1) is 0 Å². The van der Waals surface area contributed by atoms with Crippen LogP contribution in [-0.2, 0) is 13.1 Å². The Balaban J connectivity index is 1.78. The van der Waals surface area contributed by atoms with Crippen molar-refractivity contribution >= 4 is 22.1 Å². The normalized spacial score (nSPS) is 11.1. The Bertz CT molecular complexity index is 733. The molecule has 0 radical (unpaired) electrons. The Labute approximate surface area is 122 Å². The standard InChI is InChI=1S/C17H17NOS/c1-12-6-8-14(20-12)10-18-11-16-15-5-3-2-4-13(15)7-9-17(16)19/h2-9,18-19H,10-11H2,1H3. The van der Waals surface area contributed by atoms with E-state index in [-0.39, 0.29) is 0 Å². The molecule has 2 nitrogen and oxygen atoms in total. The lowest BCUT2D eigenvalue weighted by Crippen LogP contribution is -2.12. The molecular weight excluding hydrogens is 266 g/mol. The summed E-state index contributed by atoms with van der Waals surface area (Å²) < 4.78 is 0. The van der Waals surface area contributed by atoms with Crippen LogP contribution < -0.4 is 5.32 Å². The number of hydrogen-bond donors (Lipinski definition) is 2. The zero-order chi connectivity index (χ0) is 13.9. The lowest BCUT2D eigenvalue weighted by molar-refractivity contribution is 0.466. The number of fused-ring (bicyclic) bond motifs is 1. The van der Waals surface area contributed by atoms with Gasteiger partial charge in [-0.15, -0.1) is 11.3 Å². The Morgan fingerprint density at radius 3 is 2.65 bits per heavy atom. The maximum absolute atomic E-state index is 10.1. The fourth-order valence-corrected chi connectivity index (χ4v) is 3.26. The molecule has 0 bridgehead atoms. The average Bonchev–Trinajstić information content (AvgIpc) is 2.87. The van der Waals surface area contributed by atoms with Crippen molar-refractivity contribution < 1.29 is 5.11 Å². The summed E-state index contributed by atoms with van der Waals surface area (Å²) in [5, 5.41) is 15.8. The lowest BCUT2D eigenvalue weighted by Gasteiger charge is -2.10. The van der Waals surface area contributed by atoms with E-state index in [2.05, 4.69) is 36.5 Å². The molecule has 1 heterocycles. The fraction of sp³-hybridized carbons (Fsp3) is 0.176. The molecule has 2 aromatic carbocycles. The fourth-order valence-electron chi connectivity index (χ4n) is 2.40. The number of aromatic hydroxyl groups is 1. The summed E-state index contributed by atoms with van der Waals surface area (Å²) in [7, 11) is 0. The molecule has 2 N–H and O–H groups in total. The second-order valence-electron chi connectivity index (χ2n) is 4.90. The first-order chi connectivity index (χ1) is 9.74. The number of nitrogens with one attached hydrogen (secondary N) is 1. The first kappa shape index (κ1) is 13.2. The largest absolute Gasteiger partial charge is 0.508 e. The summed E-state index contributed by atoms with van der Waals surface area (Å²) in [5.41, 5.74) is 0.969. The molecule has 1 aromatic heterocycles. The molecule has 0 fully saturated rings. The molecule has 3 heteroatoms. The van der Waals surface area contributed by atoms with E-state index in [1.165, 1.54) is 9.75 Å². The van der Waals surface area contributed by atoms with Crippen LogP contribution in [0.1, 0.15) is 15.3 Å². The van der Waals surface area contributed by atoms with Gasteiger partial charge in [-0.1, -0.05) is 30.3 Å². The van der Waals surface area contributed by atoms with Crippen LogP contribution in [0.5, 0.6) is 5.75 Å². The molecule has 0 spiro atoms. The minimum Gasteiger partial charge on any atom is -0.508 e. The van der Waals surface area contributed by atoms with Gasteiger partial charge in [0.25, 0.3) is 0 Å². The van der Waals surface area contributed by atoms with Crippen LogP contribution in [-0.4, -0.2) is 5.11 Å². The molecule has 0 aliphatic rings. The molecule has 102 valence electrons. The van der Waals surface area contributed by atoms with E-state index in [1.54, 1.807) is 17.4 Å². The number of phenols is 1. The van der Waals surface area contributed by atoms with Gasteiger partial charge < -0.3 is 10.4 Å². The van der Waals surface area contributed by atoms with Gasteiger partial charge in [0.15, 0.2) is 0 Å². The van der Waals surface area contributed by atoms with Gasteiger partial charge in [-0.25, -0.2) is 0 Å². The molecule has 0 saturated carbocycles. The van der Waals surface area contributed by atoms with Crippen molar-refractivity contribution in [3.05, 3.63) is 63.8 Å². The monoisotopic (exact) mass is 283 g/mol. The van der Waals surface area contributed by atoms with Gasteiger partial charge in [-0.05, 0) is 35.9 Å². The first-order valence-electron chi connectivity index (χ1n) is 6.69. The van der Waals surface area contributed by atoms with E-state index in [0.717, 1.165) is 22.9 Å². The average molecular weight is 283 g/mol. The van der Waals surface area contributed by atoms with Crippen molar-refractivity contribution in [1.82, 2.24) is 5.32 Å². The Morgan fingerprint density at radius 1 is 1.00 bits per heavy atom. The molecule has 0 aliphatic carbocycles. The van der Waals surface area contributed by atoms with Gasteiger partial charge >= 0.3 is 0 Å². The van der Waals surface area contributed by atoms with Crippen molar-refractivity contribution in [2.75, 3.05) is 0 Å². The summed E-state index contributed by atoms with van der Waals surface area (Å²) >= 11 is 1.81. The van der Waals surface area contributed by atoms with Gasteiger partial charge in [0.1, 0.15) is 5.75 Å². The van der Waals surface area contributed by atoms with Crippen molar-refractivity contribution in [2.45, 2.75) is 20.0 Å². The zero-order valence-corrected chi connectivity index (χ0v) is 12.2. The zero-order valence-electron chi connectivity index (χ0n) is 11.4. The Morgan fingerprint density at radius 2 is 1.85 bits per heavy atom. The molecule has 3 rings (SSSR count). The topological polar surface area (TPSA) is 32.3 Å². The van der Waals surface area contributed by atoms with Crippen molar-refractivity contribution in [2.24, 2.45) is 0 Å². The summed E-state index contributed by atoms with van der Waals surface area (Å²) in [6.07, 6.45) is 0. The molecule has 20 heavy (non-hydrogen) atoms. The second kappa shape index (κ2) is 5.65. The predicted molar refractivity (Wildman–Crippen MR) is 85.2 cm³/mol. The molecule has 3 aromatic rings. The molecule has 0 amide bonds. The third-order valence-electron chi connectivity index (χ3n) is 3.41. The molecule has 0 atom stereocenters. The summed E-state index contributed by atoms with van der Waals surface area (Å²) in [6.45, 7) is 3.62. The minimum atomic E-state index is 0.360. The van der Waals surface area contributed by atoms with Gasteiger partial charge in [-0.2, -0.15) is 0 Å². The number of aryl methyl sites for hydroxylation is 1. The second-order valence-corrected chi connectivity index (χ2v) is 6.27. The molecular formula is C17H17NOS. The third-order valence-corrected chi connectivity index (χ3v) is 4.41. The van der Waals surface area contributed by atoms with Gasteiger partial charge in [0.2, 0.25) is 0 Å². The van der Waals surface area contributed by atoms with Gasteiger partial charge in [-0.3, -0.25) is 0 Å². The van der Waals surface area contributed by atoms with Crippen molar-refractivity contribution in [1.29, 1.82) is 0 Å². The van der Waals surface area contributed by atoms with E-state index < -0.39 is 0 Å². The number of rotatable bonds is 4.